The Bertz CT molecular complexity index is 2840. The highest BCUT2D eigenvalue weighted by molar-refractivity contribution is 6.12. The minimum Gasteiger partial charge on any atom is -0.310 e. The van der Waals surface area contributed by atoms with Gasteiger partial charge in [-0.15, -0.1) is 0 Å². The Morgan fingerprint density at radius 3 is 1.45 bits per heavy atom. The maximum absolute atomic E-state index is 2.60. The van der Waals surface area contributed by atoms with Gasteiger partial charge in [0.05, 0.1) is 22.1 Å². The van der Waals surface area contributed by atoms with E-state index >= 15 is 0 Å². The Morgan fingerprint density at radius 1 is 0.382 bits per heavy atom. The van der Waals surface area contributed by atoms with Crippen LogP contribution in [0.2, 0.25) is 0 Å². The smallest absolute Gasteiger partial charge is 0.0542 e. The van der Waals surface area contributed by atoms with Gasteiger partial charge in [-0.2, -0.15) is 0 Å². The Labute approximate surface area is 322 Å². The van der Waals surface area contributed by atoms with Crippen molar-refractivity contribution in [3.63, 3.8) is 0 Å². The third-order valence-corrected chi connectivity index (χ3v) is 13.6. The first-order valence-corrected chi connectivity index (χ1v) is 20.3. The second-order valence-corrected chi connectivity index (χ2v) is 16.9. The lowest BCUT2D eigenvalue weighted by Crippen LogP contribution is -2.48. The number of para-hydroxylation sites is 4. The van der Waals surface area contributed by atoms with Crippen molar-refractivity contribution in [3.8, 4) is 11.4 Å². The summed E-state index contributed by atoms with van der Waals surface area (Å²) in [6, 6.07) is 62.9. The summed E-state index contributed by atoms with van der Waals surface area (Å²) in [4.78, 5) is 2.34. The zero-order chi connectivity index (χ0) is 36.1. The lowest BCUT2D eigenvalue weighted by atomic mass is 9.48. The molecule has 0 spiro atoms. The molecule has 0 N–H and O–H groups in total. The van der Waals surface area contributed by atoms with Crippen molar-refractivity contribution < 1.29 is 0 Å². The van der Waals surface area contributed by atoms with E-state index < -0.39 is 0 Å². The number of aromatic nitrogens is 2. The van der Waals surface area contributed by atoms with E-state index in [0.717, 1.165) is 40.5 Å². The van der Waals surface area contributed by atoms with Crippen LogP contribution in [0.15, 0.2) is 170 Å². The van der Waals surface area contributed by atoms with Gasteiger partial charge < -0.3 is 14.0 Å². The predicted molar refractivity (Wildman–Crippen MR) is 230 cm³/mol. The molecule has 0 radical (unpaired) electrons. The van der Waals surface area contributed by atoms with Crippen molar-refractivity contribution in [2.45, 2.75) is 43.9 Å². The van der Waals surface area contributed by atoms with Crippen LogP contribution in [-0.2, 0) is 5.41 Å². The first kappa shape index (κ1) is 31.3. The number of fused-ring (bicyclic) bond motifs is 6. The fraction of sp³-hybridized carbons (Fsp3) is 0.192. The molecule has 0 saturated heterocycles. The summed E-state index contributed by atoms with van der Waals surface area (Å²) in [6.45, 7) is 0. The van der Waals surface area contributed by atoms with Gasteiger partial charge in [0.15, 0.2) is 0 Å². The molecule has 0 amide bonds. The van der Waals surface area contributed by atoms with Gasteiger partial charge >= 0.3 is 0 Å². The molecule has 4 fully saturated rings. The molecule has 13 rings (SSSR count). The van der Waals surface area contributed by atoms with E-state index in [4.69, 9.17) is 0 Å². The van der Waals surface area contributed by atoms with Crippen LogP contribution in [0.4, 0.5) is 17.1 Å². The van der Waals surface area contributed by atoms with Gasteiger partial charge in [0.2, 0.25) is 0 Å². The van der Waals surface area contributed by atoms with Crippen molar-refractivity contribution in [1.82, 2.24) is 9.13 Å². The Hall–Kier alpha value is -6.06. The monoisotopic (exact) mass is 709 g/mol. The molecule has 266 valence electrons. The summed E-state index contributed by atoms with van der Waals surface area (Å²) in [5.41, 5.74) is 12.7. The van der Waals surface area contributed by atoms with Gasteiger partial charge in [0, 0.05) is 50.0 Å². The van der Waals surface area contributed by atoms with Crippen LogP contribution < -0.4 is 4.90 Å². The number of rotatable bonds is 6. The van der Waals surface area contributed by atoms with Crippen LogP contribution in [0.1, 0.15) is 44.1 Å². The van der Waals surface area contributed by atoms with E-state index in [2.05, 4.69) is 184 Å². The largest absolute Gasteiger partial charge is 0.310 e. The molecule has 2 aromatic heterocycles. The molecule has 55 heavy (non-hydrogen) atoms. The molecule has 3 nitrogen and oxygen atoms in total. The standard InChI is InChI=1S/C52H43N3/c1-3-12-39(13-4-1)53(40-14-5-2-6-15-40)41-16-11-17-42(30-41)54-49-21-10-8-19-45(49)47-31-43(23-25-51(47)54)55-48-20-9-7-18-44(48)46-29-38(22-24-50(46)55)52-32-35-26-36(33-52)28-37(27-35)34-52/h1-25,29-31,35-37H,26-28,32-34H2. The molecule has 4 saturated carbocycles. The third kappa shape index (κ3) is 4.82. The van der Waals surface area contributed by atoms with Gasteiger partial charge in [0.25, 0.3) is 0 Å². The molecule has 4 aliphatic carbocycles. The normalized spacial score (nSPS) is 21.6. The summed E-state index contributed by atoms with van der Waals surface area (Å²) in [5, 5.41) is 5.27. The first-order valence-electron chi connectivity index (χ1n) is 20.3. The van der Waals surface area contributed by atoms with Crippen LogP contribution in [0.3, 0.4) is 0 Å². The summed E-state index contributed by atoms with van der Waals surface area (Å²) in [7, 11) is 0. The number of hydrogen-bond donors (Lipinski definition) is 0. The van der Waals surface area contributed by atoms with E-state index in [0.29, 0.717) is 5.41 Å². The lowest BCUT2D eigenvalue weighted by molar-refractivity contribution is -0.00512. The minimum atomic E-state index is 0.378. The quantitative estimate of drug-likeness (QED) is 0.168. The topological polar surface area (TPSA) is 13.1 Å². The maximum atomic E-state index is 2.60. The molecule has 4 bridgehead atoms. The summed E-state index contributed by atoms with van der Waals surface area (Å²) >= 11 is 0. The number of benzene rings is 7. The Kier molecular flexibility index (Phi) is 6.81. The SMILES string of the molecule is c1ccc(N(c2ccccc2)c2cccc(-n3c4ccccc4c4cc(-n5c6ccccc6c6cc(C78CC9CC(CC(C9)C7)C8)ccc65)ccc43)c2)cc1. The molecule has 3 heteroatoms. The highest BCUT2D eigenvalue weighted by Gasteiger charge is 2.51. The Balaban J connectivity index is 1.01. The zero-order valence-electron chi connectivity index (χ0n) is 31.0. The average Bonchev–Trinajstić information content (AvgIpc) is 3.74. The fourth-order valence-corrected chi connectivity index (χ4v) is 11.8. The lowest BCUT2D eigenvalue weighted by Gasteiger charge is -2.57. The molecule has 7 aromatic carbocycles. The van der Waals surface area contributed by atoms with Crippen LogP contribution >= 0.6 is 0 Å². The number of nitrogens with zero attached hydrogens (tertiary/aromatic N) is 3. The van der Waals surface area contributed by atoms with Crippen LogP contribution in [-0.4, -0.2) is 9.13 Å². The van der Waals surface area contributed by atoms with Gasteiger partial charge in [-0.1, -0.05) is 84.9 Å². The predicted octanol–water partition coefficient (Wildman–Crippen LogP) is 13.8. The minimum absolute atomic E-state index is 0.378. The Morgan fingerprint density at radius 2 is 0.855 bits per heavy atom. The average molecular weight is 710 g/mol. The number of hydrogen-bond acceptors (Lipinski definition) is 1. The molecule has 0 aliphatic heterocycles. The highest BCUT2D eigenvalue weighted by Crippen LogP contribution is 2.61. The maximum Gasteiger partial charge on any atom is 0.0542 e. The highest BCUT2D eigenvalue weighted by atomic mass is 15.1. The van der Waals surface area contributed by atoms with E-state index in [9.17, 15) is 0 Å². The first-order chi connectivity index (χ1) is 27.2. The van der Waals surface area contributed by atoms with Gasteiger partial charge in [-0.3, -0.25) is 0 Å². The van der Waals surface area contributed by atoms with E-state index in [1.165, 1.54) is 87.8 Å². The summed E-state index contributed by atoms with van der Waals surface area (Å²) < 4.78 is 4.95. The van der Waals surface area contributed by atoms with Crippen molar-refractivity contribution in [3.05, 3.63) is 175 Å². The van der Waals surface area contributed by atoms with Gasteiger partial charge in [-0.25, -0.2) is 0 Å². The summed E-state index contributed by atoms with van der Waals surface area (Å²) in [5.74, 6) is 2.81. The van der Waals surface area contributed by atoms with Crippen LogP contribution in [0.5, 0.6) is 0 Å². The molecular formula is C52H43N3. The zero-order valence-corrected chi connectivity index (χ0v) is 31.0. The van der Waals surface area contributed by atoms with Crippen molar-refractivity contribution in [2.75, 3.05) is 4.90 Å². The molecular weight excluding hydrogens is 667 g/mol. The van der Waals surface area contributed by atoms with Crippen LogP contribution in [0, 0.1) is 17.8 Å². The van der Waals surface area contributed by atoms with Crippen molar-refractivity contribution in [1.29, 1.82) is 0 Å². The van der Waals surface area contributed by atoms with Crippen molar-refractivity contribution >= 4 is 60.7 Å². The van der Waals surface area contributed by atoms with E-state index in [1.807, 2.05) is 0 Å². The molecule has 0 unspecified atom stereocenters. The van der Waals surface area contributed by atoms with E-state index in [-0.39, 0.29) is 0 Å². The third-order valence-electron chi connectivity index (χ3n) is 13.6. The molecule has 9 aromatic rings. The molecule has 0 atom stereocenters. The second-order valence-electron chi connectivity index (χ2n) is 16.9. The molecule has 4 aliphatic rings. The van der Waals surface area contributed by atoms with E-state index in [1.54, 1.807) is 5.56 Å². The fourth-order valence-electron chi connectivity index (χ4n) is 11.8. The van der Waals surface area contributed by atoms with Crippen LogP contribution in [0.25, 0.3) is 55.0 Å². The van der Waals surface area contributed by atoms with Gasteiger partial charge in [0.1, 0.15) is 0 Å². The van der Waals surface area contributed by atoms with Gasteiger partial charge in [-0.05, 0) is 152 Å². The summed E-state index contributed by atoms with van der Waals surface area (Å²) in [6.07, 6.45) is 8.61. The molecule has 2 heterocycles. The number of anilines is 3. The van der Waals surface area contributed by atoms with Crippen molar-refractivity contribution in [2.24, 2.45) is 17.8 Å². The second kappa shape index (κ2) is 12.0.